The summed E-state index contributed by atoms with van der Waals surface area (Å²) in [5.74, 6) is 0.703. The van der Waals surface area contributed by atoms with Crippen LogP contribution in [0.2, 0.25) is 0 Å². The number of anilines is 2. The average Bonchev–Trinajstić information content (AvgIpc) is 3.11. The first-order chi connectivity index (χ1) is 11.7. The number of piperazine rings is 1. The van der Waals surface area contributed by atoms with Crippen LogP contribution in [0.4, 0.5) is 17.3 Å². The molecule has 3 heterocycles. The molecule has 0 radical (unpaired) electrons. The van der Waals surface area contributed by atoms with Crippen molar-refractivity contribution in [2.24, 2.45) is 0 Å². The number of rotatable bonds is 3. The molecule has 0 N–H and O–H groups in total. The summed E-state index contributed by atoms with van der Waals surface area (Å²) in [6.07, 6.45) is 3.44. The Labute approximate surface area is 135 Å². The molecule has 1 fully saturated rings. The van der Waals surface area contributed by atoms with Gasteiger partial charge in [0, 0.05) is 44.6 Å². The predicted molar refractivity (Wildman–Crippen MR) is 84.9 cm³/mol. The quantitative estimate of drug-likeness (QED) is 0.517. The summed E-state index contributed by atoms with van der Waals surface area (Å²) in [6.45, 7) is 2.93. The first-order valence-electron chi connectivity index (χ1n) is 7.40. The van der Waals surface area contributed by atoms with Crippen molar-refractivity contribution < 1.29 is 9.55 Å². The molecular weight excluding hydrogens is 314 g/mol. The van der Waals surface area contributed by atoms with Gasteiger partial charge in [0.05, 0.1) is 10.6 Å². The van der Waals surface area contributed by atoms with Gasteiger partial charge in [0.2, 0.25) is 11.5 Å². The molecule has 4 rings (SSSR count). The lowest BCUT2D eigenvalue weighted by Gasteiger charge is -2.35. The number of hydrogen-bond acceptors (Lipinski definition) is 9. The fraction of sp³-hybridized carbons (Fsp3) is 0.286. The molecule has 0 aliphatic carbocycles. The van der Waals surface area contributed by atoms with E-state index in [0.717, 1.165) is 31.9 Å². The number of nitrogens with zero attached hydrogens (tertiary/aromatic N) is 7. The van der Waals surface area contributed by atoms with E-state index in [4.69, 9.17) is 4.63 Å². The van der Waals surface area contributed by atoms with Gasteiger partial charge in [-0.15, -0.1) is 0 Å². The maximum atomic E-state index is 11.1. The van der Waals surface area contributed by atoms with Crippen molar-refractivity contribution in [3.8, 4) is 0 Å². The van der Waals surface area contributed by atoms with Crippen LogP contribution in [0.3, 0.4) is 0 Å². The van der Waals surface area contributed by atoms with E-state index in [1.165, 1.54) is 6.07 Å². The lowest BCUT2D eigenvalue weighted by Crippen LogP contribution is -2.47. The first kappa shape index (κ1) is 14.3. The molecule has 10 nitrogen and oxygen atoms in total. The largest absolute Gasteiger partial charge is 0.366 e. The Bertz CT molecular complexity index is 874. The Kier molecular flexibility index (Phi) is 3.41. The zero-order valence-corrected chi connectivity index (χ0v) is 12.6. The predicted octanol–water partition coefficient (Wildman–Crippen LogP) is 1.25. The first-order valence-corrected chi connectivity index (χ1v) is 7.40. The molecule has 0 atom stereocenters. The van der Waals surface area contributed by atoms with Gasteiger partial charge in [-0.2, -0.15) is 0 Å². The Balaban J connectivity index is 1.58. The molecule has 0 saturated carbocycles. The number of aromatic nitrogens is 4. The molecule has 1 aliphatic rings. The molecule has 1 aliphatic heterocycles. The van der Waals surface area contributed by atoms with Crippen molar-refractivity contribution in [2.45, 2.75) is 0 Å². The summed E-state index contributed by atoms with van der Waals surface area (Å²) in [4.78, 5) is 23.3. The monoisotopic (exact) mass is 327 g/mol. The van der Waals surface area contributed by atoms with E-state index in [-0.39, 0.29) is 11.2 Å². The van der Waals surface area contributed by atoms with Gasteiger partial charge in [0.1, 0.15) is 0 Å². The van der Waals surface area contributed by atoms with Crippen LogP contribution in [-0.4, -0.2) is 51.4 Å². The van der Waals surface area contributed by atoms with Crippen LogP contribution in [0.15, 0.2) is 35.2 Å². The molecule has 3 aromatic rings. The maximum Gasteiger partial charge on any atom is 0.300 e. The molecule has 1 saturated heterocycles. The smallest absolute Gasteiger partial charge is 0.300 e. The Morgan fingerprint density at radius 2 is 1.67 bits per heavy atom. The second-order valence-corrected chi connectivity index (χ2v) is 5.35. The van der Waals surface area contributed by atoms with E-state index in [1.54, 1.807) is 24.5 Å². The number of benzene rings is 1. The number of hydrogen-bond donors (Lipinski definition) is 0. The Hall–Kier alpha value is -3.30. The highest BCUT2D eigenvalue weighted by Gasteiger charge is 2.25. The summed E-state index contributed by atoms with van der Waals surface area (Å²) >= 11 is 0. The van der Waals surface area contributed by atoms with E-state index in [9.17, 15) is 10.1 Å². The van der Waals surface area contributed by atoms with Crippen LogP contribution in [0, 0.1) is 10.1 Å². The van der Waals surface area contributed by atoms with Crippen molar-refractivity contribution in [3.63, 3.8) is 0 Å². The van der Waals surface area contributed by atoms with Gasteiger partial charge in [0.25, 0.3) is 0 Å². The number of nitro groups is 1. The third-order valence-electron chi connectivity index (χ3n) is 4.02. The topological polar surface area (TPSA) is 114 Å². The molecule has 2 aromatic heterocycles. The summed E-state index contributed by atoms with van der Waals surface area (Å²) in [5.41, 5.74) is 1.26. The minimum atomic E-state index is -0.485. The molecule has 0 amide bonds. The van der Waals surface area contributed by atoms with E-state index in [0.29, 0.717) is 11.5 Å². The second-order valence-electron chi connectivity index (χ2n) is 5.35. The van der Waals surface area contributed by atoms with E-state index < -0.39 is 4.92 Å². The SMILES string of the molecule is O=[N+]([O-])c1ccc(N2CCN(c3ncccn3)CC2)c2nonc12. The molecule has 10 heteroatoms. The summed E-state index contributed by atoms with van der Waals surface area (Å²) in [5, 5.41) is 18.6. The van der Waals surface area contributed by atoms with Crippen LogP contribution in [0.5, 0.6) is 0 Å². The van der Waals surface area contributed by atoms with Crippen molar-refractivity contribution in [3.05, 3.63) is 40.7 Å². The summed E-state index contributed by atoms with van der Waals surface area (Å²) in [6, 6.07) is 4.92. The number of fused-ring (bicyclic) bond motifs is 1. The van der Waals surface area contributed by atoms with E-state index >= 15 is 0 Å². The molecule has 1 aromatic carbocycles. The molecule has 0 bridgehead atoms. The number of non-ortho nitro benzene ring substituents is 1. The lowest BCUT2D eigenvalue weighted by atomic mass is 10.2. The maximum absolute atomic E-state index is 11.1. The Morgan fingerprint density at radius 3 is 2.38 bits per heavy atom. The summed E-state index contributed by atoms with van der Waals surface area (Å²) < 4.78 is 4.72. The highest BCUT2D eigenvalue weighted by Crippen LogP contribution is 2.31. The van der Waals surface area contributed by atoms with Gasteiger partial charge in [-0.25, -0.2) is 14.6 Å². The van der Waals surface area contributed by atoms with Gasteiger partial charge >= 0.3 is 5.69 Å². The molecule has 0 unspecified atom stereocenters. The van der Waals surface area contributed by atoms with Crippen LogP contribution in [0.25, 0.3) is 11.0 Å². The van der Waals surface area contributed by atoms with Gasteiger partial charge in [-0.05, 0) is 22.4 Å². The highest BCUT2D eigenvalue weighted by atomic mass is 16.6. The average molecular weight is 327 g/mol. The van der Waals surface area contributed by atoms with E-state index in [2.05, 4.69) is 30.1 Å². The zero-order valence-electron chi connectivity index (χ0n) is 12.6. The summed E-state index contributed by atoms with van der Waals surface area (Å²) in [7, 11) is 0. The van der Waals surface area contributed by atoms with Crippen LogP contribution in [0.1, 0.15) is 0 Å². The highest BCUT2D eigenvalue weighted by molar-refractivity contribution is 5.93. The van der Waals surface area contributed by atoms with Gasteiger partial charge in [-0.1, -0.05) is 0 Å². The standard InChI is InChI=1S/C14H13N7O3/c22-21(23)11-3-2-10(12-13(11)18-24-17-12)19-6-8-20(9-7-19)14-15-4-1-5-16-14/h1-5H,6-9H2. The normalized spacial score (nSPS) is 15.0. The van der Waals surface area contributed by atoms with Crippen LogP contribution < -0.4 is 9.80 Å². The molecular formula is C14H13N7O3. The molecule has 0 spiro atoms. The Morgan fingerprint density at radius 1 is 1.00 bits per heavy atom. The lowest BCUT2D eigenvalue weighted by molar-refractivity contribution is -0.383. The molecule has 24 heavy (non-hydrogen) atoms. The van der Waals surface area contributed by atoms with Crippen molar-refractivity contribution in [1.82, 2.24) is 20.3 Å². The zero-order chi connectivity index (χ0) is 16.5. The van der Waals surface area contributed by atoms with Crippen molar-refractivity contribution in [1.29, 1.82) is 0 Å². The van der Waals surface area contributed by atoms with Gasteiger partial charge < -0.3 is 9.80 Å². The molecule has 122 valence electrons. The fourth-order valence-electron chi connectivity index (χ4n) is 2.84. The van der Waals surface area contributed by atoms with Crippen molar-refractivity contribution >= 4 is 28.4 Å². The van der Waals surface area contributed by atoms with Crippen LogP contribution in [-0.2, 0) is 0 Å². The third kappa shape index (κ3) is 2.37. The third-order valence-corrected chi connectivity index (χ3v) is 4.02. The number of nitro benzene ring substituents is 1. The minimum absolute atomic E-state index is 0.105. The van der Waals surface area contributed by atoms with Gasteiger partial charge in [-0.3, -0.25) is 10.1 Å². The second kappa shape index (κ2) is 5.72. The van der Waals surface area contributed by atoms with Crippen LogP contribution >= 0.6 is 0 Å². The van der Waals surface area contributed by atoms with Crippen molar-refractivity contribution in [2.75, 3.05) is 36.0 Å². The van der Waals surface area contributed by atoms with E-state index in [1.807, 2.05) is 0 Å². The minimum Gasteiger partial charge on any atom is -0.366 e. The fourth-order valence-corrected chi connectivity index (χ4v) is 2.84. The van der Waals surface area contributed by atoms with Gasteiger partial charge in [0.15, 0.2) is 5.52 Å².